The van der Waals surface area contributed by atoms with Crippen molar-refractivity contribution in [3.63, 3.8) is 0 Å². The number of pyridine rings is 1. The first-order valence-corrected chi connectivity index (χ1v) is 12.8. The zero-order chi connectivity index (χ0) is 28.3. The second-order valence-electron chi connectivity index (χ2n) is 8.88. The Bertz CT molecular complexity index is 1390. The summed E-state index contributed by atoms with van der Waals surface area (Å²) in [4.78, 5) is 23.0. The Hall–Kier alpha value is -4.32. The van der Waals surface area contributed by atoms with E-state index in [-0.39, 0.29) is 24.0 Å². The third kappa shape index (κ3) is 9.16. The molecule has 208 valence electrons. The van der Waals surface area contributed by atoms with Crippen LogP contribution in [0.15, 0.2) is 82.9 Å². The van der Waals surface area contributed by atoms with Crippen LogP contribution in [-0.2, 0) is 4.74 Å². The van der Waals surface area contributed by atoms with Gasteiger partial charge in [0.2, 0.25) is 0 Å². The minimum absolute atomic E-state index is 0.0408. The monoisotopic (exact) mass is 565 g/mol. The third-order valence-electron chi connectivity index (χ3n) is 5.64. The fourth-order valence-electron chi connectivity index (χ4n) is 3.71. The van der Waals surface area contributed by atoms with Gasteiger partial charge in [-0.15, -0.1) is 0 Å². The molecule has 1 amide bonds. The minimum atomic E-state index is -0.350. The number of hydrogen-bond donors (Lipinski definition) is 4. The second kappa shape index (κ2) is 14.2. The lowest BCUT2D eigenvalue weighted by Gasteiger charge is -2.25. The molecule has 0 aliphatic carbocycles. The molecule has 0 radical (unpaired) electrons. The van der Waals surface area contributed by atoms with Crippen LogP contribution >= 0.6 is 11.6 Å². The predicted molar refractivity (Wildman–Crippen MR) is 155 cm³/mol. The number of aromatic hydroxyl groups is 1. The van der Waals surface area contributed by atoms with Crippen molar-refractivity contribution in [1.29, 1.82) is 0 Å². The van der Waals surface area contributed by atoms with Crippen LogP contribution in [0, 0.1) is 0 Å². The number of carbonyl (C=O) groups is 1. The number of nitrogens with zero attached hydrogens (tertiary/aromatic N) is 4. The van der Waals surface area contributed by atoms with Crippen molar-refractivity contribution < 1.29 is 19.0 Å². The molecule has 0 unspecified atom stereocenters. The van der Waals surface area contributed by atoms with Gasteiger partial charge >= 0.3 is 0 Å². The van der Waals surface area contributed by atoms with Crippen LogP contribution in [0.1, 0.15) is 23.0 Å². The Morgan fingerprint density at radius 3 is 2.73 bits per heavy atom. The van der Waals surface area contributed by atoms with Crippen molar-refractivity contribution in [2.75, 3.05) is 43.5 Å². The summed E-state index contributed by atoms with van der Waals surface area (Å²) in [5, 5.41) is 20.0. The molecule has 2 aromatic carbocycles. The molecule has 1 saturated heterocycles. The molecule has 40 heavy (non-hydrogen) atoms. The molecular weight excluding hydrogens is 537 g/mol. The average Bonchev–Trinajstić information content (AvgIpc) is 2.93. The maximum Gasteiger partial charge on any atom is 0.255 e. The lowest BCUT2D eigenvalue weighted by atomic mass is 10.1. The van der Waals surface area contributed by atoms with Crippen molar-refractivity contribution in [2.24, 2.45) is 10.1 Å². The lowest BCUT2D eigenvalue weighted by molar-refractivity contribution is 0.0400. The van der Waals surface area contributed by atoms with Gasteiger partial charge < -0.3 is 20.5 Å². The Balaban J connectivity index is 1.28. The van der Waals surface area contributed by atoms with E-state index in [1.807, 2.05) is 17.0 Å². The number of benzene rings is 2. The number of ether oxygens (including phenoxy) is 1. The fraction of sp³-hybridized carbons (Fsp3) is 0.214. The minimum Gasteiger partial charge on any atom is -0.508 e. The number of rotatable bonds is 9. The molecule has 1 fully saturated rings. The van der Waals surface area contributed by atoms with Crippen LogP contribution in [-0.4, -0.2) is 65.8 Å². The van der Waals surface area contributed by atoms with Crippen LogP contribution in [0.3, 0.4) is 0 Å². The van der Waals surface area contributed by atoms with E-state index < -0.39 is 0 Å². The lowest BCUT2D eigenvalue weighted by Crippen LogP contribution is -2.37. The molecule has 2 heterocycles. The van der Waals surface area contributed by atoms with Gasteiger partial charge in [0.25, 0.3) is 5.91 Å². The third-order valence-corrected chi connectivity index (χ3v) is 5.86. The fourth-order valence-corrected chi connectivity index (χ4v) is 3.94. The number of amides is 1. The SMILES string of the molecule is CC(=N/C=C(/F)CN1CCOCC1)N/N=C/c1ccc(Nc2cccc(C(=O)Nc3cc(O)cc(Cl)c3)c2)cn1. The number of morpholine rings is 1. The van der Waals surface area contributed by atoms with Gasteiger partial charge in [-0.05, 0) is 49.4 Å². The predicted octanol–water partition coefficient (Wildman–Crippen LogP) is 4.92. The Morgan fingerprint density at radius 1 is 1.15 bits per heavy atom. The zero-order valence-electron chi connectivity index (χ0n) is 21.8. The van der Waals surface area contributed by atoms with E-state index >= 15 is 0 Å². The molecule has 4 rings (SSSR count). The van der Waals surface area contributed by atoms with Crippen molar-refractivity contribution in [3.05, 3.63) is 89.1 Å². The molecule has 12 heteroatoms. The van der Waals surface area contributed by atoms with Crippen LogP contribution in [0.2, 0.25) is 5.02 Å². The van der Waals surface area contributed by atoms with Gasteiger partial charge in [0.05, 0.1) is 49.8 Å². The summed E-state index contributed by atoms with van der Waals surface area (Å²) in [7, 11) is 0. The number of halogens is 2. The highest BCUT2D eigenvalue weighted by atomic mass is 35.5. The van der Waals surface area contributed by atoms with Gasteiger partial charge in [-0.25, -0.2) is 9.38 Å². The van der Waals surface area contributed by atoms with Crippen LogP contribution in [0.5, 0.6) is 5.75 Å². The van der Waals surface area contributed by atoms with Crippen molar-refractivity contribution >= 4 is 46.6 Å². The van der Waals surface area contributed by atoms with E-state index in [0.29, 0.717) is 65.5 Å². The molecule has 1 aromatic heterocycles. The number of hydrazone groups is 1. The summed E-state index contributed by atoms with van der Waals surface area (Å²) in [6.45, 7) is 4.52. The van der Waals surface area contributed by atoms with Gasteiger partial charge in [0.1, 0.15) is 17.4 Å². The van der Waals surface area contributed by atoms with Crippen molar-refractivity contribution in [2.45, 2.75) is 6.92 Å². The van der Waals surface area contributed by atoms with E-state index in [2.05, 4.69) is 31.1 Å². The number of phenolic OH excluding ortho intramolecular Hbond substituents is 1. The number of nitrogens with one attached hydrogen (secondary N) is 3. The number of aliphatic imine (C=N–C) groups is 1. The first-order valence-electron chi connectivity index (χ1n) is 12.5. The maximum atomic E-state index is 14.1. The van der Waals surface area contributed by atoms with Crippen molar-refractivity contribution in [1.82, 2.24) is 15.3 Å². The average molecular weight is 566 g/mol. The van der Waals surface area contributed by atoms with Gasteiger partial charge in [-0.1, -0.05) is 17.7 Å². The number of carbonyl (C=O) groups excluding carboxylic acids is 1. The normalized spacial score (nSPS) is 14.8. The summed E-state index contributed by atoms with van der Waals surface area (Å²) in [6.07, 6.45) is 4.34. The zero-order valence-corrected chi connectivity index (χ0v) is 22.5. The maximum absolute atomic E-state index is 14.1. The quantitative estimate of drug-likeness (QED) is 0.165. The summed E-state index contributed by atoms with van der Waals surface area (Å²) in [6, 6.07) is 14.9. The molecule has 3 aromatic rings. The number of anilines is 3. The standard InChI is InChI=1S/C28H29ClFN7O3/c1-19(31-15-22(30)18-37-7-9-40-10-8-37)36-33-17-24-5-6-25(16-32-24)34-23-4-2-3-20(11-23)28(39)35-26-12-21(29)13-27(38)14-26/h2-6,11-17,34,38H,7-10,18H2,1H3,(H,31,36)(H,35,39)/b22-15+,33-17+. The van der Waals surface area contributed by atoms with E-state index in [1.165, 1.54) is 24.5 Å². The molecule has 0 bridgehead atoms. The number of aromatic nitrogens is 1. The smallest absolute Gasteiger partial charge is 0.255 e. The molecule has 0 atom stereocenters. The highest BCUT2D eigenvalue weighted by Crippen LogP contribution is 2.24. The van der Waals surface area contributed by atoms with Gasteiger partial charge in [-0.2, -0.15) is 5.10 Å². The Morgan fingerprint density at radius 2 is 1.98 bits per heavy atom. The summed E-state index contributed by atoms with van der Waals surface area (Å²) >= 11 is 5.94. The highest BCUT2D eigenvalue weighted by molar-refractivity contribution is 6.31. The van der Waals surface area contributed by atoms with E-state index in [9.17, 15) is 14.3 Å². The van der Waals surface area contributed by atoms with Gasteiger partial charge in [0, 0.05) is 41.1 Å². The first-order chi connectivity index (χ1) is 19.3. The van der Waals surface area contributed by atoms with Gasteiger partial charge in [0.15, 0.2) is 0 Å². The van der Waals surface area contributed by atoms with Crippen LogP contribution < -0.4 is 16.1 Å². The van der Waals surface area contributed by atoms with Crippen LogP contribution in [0.4, 0.5) is 21.5 Å². The Kier molecular flexibility index (Phi) is 10.2. The largest absolute Gasteiger partial charge is 0.508 e. The highest BCUT2D eigenvalue weighted by Gasteiger charge is 2.12. The Labute approximate surface area is 236 Å². The molecular formula is C28H29ClFN7O3. The summed E-state index contributed by atoms with van der Waals surface area (Å²) in [5.74, 6) is -0.287. The molecule has 0 saturated carbocycles. The van der Waals surface area contributed by atoms with Crippen molar-refractivity contribution in [3.8, 4) is 5.75 Å². The number of amidine groups is 1. The van der Waals surface area contributed by atoms with E-state index in [1.54, 1.807) is 43.5 Å². The summed E-state index contributed by atoms with van der Waals surface area (Å²) < 4.78 is 19.3. The number of phenols is 1. The van der Waals surface area contributed by atoms with E-state index in [0.717, 1.165) is 0 Å². The molecule has 1 aliphatic rings. The van der Waals surface area contributed by atoms with Crippen LogP contribution in [0.25, 0.3) is 0 Å². The number of hydrogen-bond acceptors (Lipinski definition) is 8. The first kappa shape index (κ1) is 28.7. The molecule has 1 aliphatic heterocycles. The second-order valence-corrected chi connectivity index (χ2v) is 9.32. The molecule has 4 N–H and O–H groups in total. The molecule has 10 nitrogen and oxygen atoms in total. The van der Waals surface area contributed by atoms with Gasteiger partial charge in [-0.3, -0.25) is 20.1 Å². The molecule has 0 spiro atoms. The summed E-state index contributed by atoms with van der Waals surface area (Å²) in [5.41, 5.74) is 5.54. The topological polar surface area (TPSA) is 123 Å². The van der Waals surface area contributed by atoms with E-state index in [4.69, 9.17) is 16.3 Å².